The van der Waals surface area contributed by atoms with Crippen LogP contribution in [-0.4, -0.2) is 43.0 Å². The second-order valence-corrected chi connectivity index (χ2v) is 7.19. The molecule has 0 aromatic heterocycles. The summed E-state index contributed by atoms with van der Waals surface area (Å²) in [6.07, 6.45) is 6.84. The highest BCUT2D eigenvalue weighted by Gasteiger charge is 2.29. The lowest BCUT2D eigenvalue weighted by Gasteiger charge is -2.34. The van der Waals surface area contributed by atoms with Crippen LogP contribution in [0.4, 0.5) is 4.79 Å². The molecule has 5 heteroatoms. The molecule has 0 aromatic rings. The first-order valence-electron chi connectivity index (χ1n) is 8.28. The molecule has 2 fully saturated rings. The molecule has 0 spiro atoms. The molecule has 1 aliphatic heterocycles. The van der Waals surface area contributed by atoms with Crippen LogP contribution in [0.1, 0.15) is 59.3 Å². The summed E-state index contributed by atoms with van der Waals surface area (Å²) in [5.74, 6) is 0. The summed E-state index contributed by atoms with van der Waals surface area (Å²) >= 11 is 0. The van der Waals surface area contributed by atoms with E-state index < -0.39 is 5.60 Å². The Morgan fingerprint density at radius 1 is 1.14 bits per heavy atom. The van der Waals surface area contributed by atoms with Crippen molar-refractivity contribution in [1.29, 1.82) is 0 Å². The van der Waals surface area contributed by atoms with Crippen molar-refractivity contribution in [3.63, 3.8) is 0 Å². The van der Waals surface area contributed by atoms with Crippen molar-refractivity contribution < 1.29 is 14.3 Å². The third kappa shape index (κ3) is 5.83. The van der Waals surface area contributed by atoms with Crippen molar-refractivity contribution >= 4 is 6.09 Å². The van der Waals surface area contributed by atoms with Gasteiger partial charge in [-0.15, -0.1) is 0 Å². The molecule has 1 saturated carbocycles. The molecule has 1 amide bonds. The van der Waals surface area contributed by atoms with Gasteiger partial charge in [0.05, 0.1) is 6.10 Å². The highest BCUT2D eigenvalue weighted by Crippen LogP contribution is 2.20. The predicted molar refractivity (Wildman–Crippen MR) is 82.4 cm³/mol. The standard InChI is InChI=1S/C16H30N2O3/c1-16(2,3)21-15(19)18-14-9-5-4-8-13(14)17-11-12-7-6-10-20-12/h12-14,17H,4-11H2,1-3H3,(H,18,19)/t12-,13+,14-/m1/s1. The summed E-state index contributed by atoms with van der Waals surface area (Å²) in [4.78, 5) is 11.9. The van der Waals surface area contributed by atoms with Gasteiger partial charge >= 0.3 is 6.09 Å². The number of hydrogen-bond acceptors (Lipinski definition) is 4. The van der Waals surface area contributed by atoms with Crippen molar-refractivity contribution in [3.8, 4) is 0 Å². The molecule has 1 heterocycles. The average Bonchev–Trinajstić information content (AvgIpc) is 2.88. The zero-order valence-electron chi connectivity index (χ0n) is 13.6. The maximum absolute atomic E-state index is 11.9. The number of rotatable bonds is 4. The summed E-state index contributed by atoms with van der Waals surface area (Å²) < 4.78 is 11.0. The Morgan fingerprint density at radius 2 is 1.86 bits per heavy atom. The number of nitrogens with one attached hydrogen (secondary N) is 2. The monoisotopic (exact) mass is 298 g/mol. The lowest BCUT2D eigenvalue weighted by molar-refractivity contribution is 0.0474. The van der Waals surface area contributed by atoms with E-state index in [-0.39, 0.29) is 12.1 Å². The minimum absolute atomic E-state index is 0.162. The van der Waals surface area contributed by atoms with E-state index in [1.54, 1.807) is 0 Å². The quantitative estimate of drug-likeness (QED) is 0.837. The topological polar surface area (TPSA) is 59.6 Å². The number of alkyl carbamates (subject to hydrolysis) is 1. The molecular weight excluding hydrogens is 268 g/mol. The molecule has 1 saturated heterocycles. The molecule has 0 aromatic carbocycles. The summed E-state index contributed by atoms with van der Waals surface area (Å²) in [5, 5.41) is 6.62. The van der Waals surface area contributed by atoms with E-state index >= 15 is 0 Å². The second-order valence-electron chi connectivity index (χ2n) is 7.19. The Kier molecular flexibility index (Phi) is 5.88. The molecule has 21 heavy (non-hydrogen) atoms. The van der Waals surface area contributed by atoms with Crippen molar-refractivity contribution in [2.75, 3.05) is 13.2 Å². The second kappa shape index (κ2) is 7.45. The number of carbonyl (C=O) groups is 1. The maximum Gasteiger partial charge on any atom is 0.407 e. The van der Waals surface area contributed by atoms with Crippen molar-refractivity contribution in [1.82, 2.24) is 10.6 Å². The van der Waals surface area contributed by atoms with Gasteiger partial charge in [-0.1, -0.05) is 12.8 Å². The minimum atomic E-state index is -0.445. The summed E-state index contributed by atoms with van der Waals surface area (Å²) in [6.45, 7) is 7.44. The summed E-state index contributed by atoms with van der Waals surface area (Å²) in [7, 11) is 0. The van der Waals surface area contributed by atoms with Gasteiger partial charge in [0.1, 0.15) is 5.60 Å². The number of ether oxygens (including phenoxy) is 2. The van der Waals surface area contributed by atoms with E-state index in [1.807, 2.05) is 20.8 Å². The molecule has 2 rings (SSSR count). The van der Waals surface area contributed by atoms with Crippen LogP contribution in [0.2, 0.25) is 0 Å². The molecule has 2 aliphatic rings. The molecule has 0 unspecified atom stereocenters. The van der Waals surface area contributed by atoms with Gasteiger partial charge in [0.2, 0.25) is 0 Å². The van der Waals surface area contributed by atoms with Crippen molar-refractivity contribution in [3.05, 3.63) is 0 Å². The van der Waals surface area contributed by atoms with Crippen LogP contribution >= 0.6 is 0 Å². The zero-order valence-corrected chi connectivity index (χ0v) is 13.6. The van der Waals surface area contributed by atoms with Gasteiger partial charge in [-0.3, -0.25) is 0 Å². The first kappa shape index (κ1) is 16.6. The van der Waals surface area contributed by atoms with Crippen LogP contribution in [-0.2, 0) is 9.47 Å². The smallest absolute Gasteiger partial charge is 0.407 e. The molecular formula is C16H30N2O3. The Morgan fingerprint density at radius 3 is 2.48 bits per heavy atom. The zero-order chi connectivity index (χ0) is 15.3. The number of amides is 1. The van der Waals surface area contributed by atoms with E-state index in [1.165, 1.54) is 12.8 Å². The Hall–Kier alpha value is -0.810. The highest BCUT2D eigenvalue weighted by molar-refractivity contribution is 5.68. The average molecular weight is 298 g/mol. The molecule has 0 bridgehead atoms. The fourth-order valence-electron chi connectivity index (χ4n) is 3.10. The fourth-order valence-corrected chi connectivity index (χ4v) is 3.10. The molecule has 122 valence electrons. The van der Waals surface area contributed by atoms with E-state index in [0.29, 0.717) is 12.1 Å². The molecule has 1 aliphatic carbocycles. The van der Waals surface area contributed by atoms with E-state index in [9.17, 15) is 4.79 Å². The van der Waals surface area contributed by atoms with Crippen LogP contribution in [0.5, 0.6) is 0 Å². The lowest BCUT2D eigenvalue weighted by atomic mass is 9.90. The summed E-state index contributed by atoms with van der Waals surface area (Å²) in [6, 6.07) is 0.491. The first-order valence-corrected chi connectivity index (χ1v) is 8.28. The molecule has 3 atom stereocenters. The Balaban J connectivity index is 1.78. The van der Waals surface area contributed by atoms with Crippen LogP contribution in [0, 0.1) is 0 Å². The highest BCUT2D eigenvalue weighted by atomic mass is 16.6. The fraction of sp³-hybridized carbons (Fsp3) is 0.938. The van der Waals surface area contributed by atoms with Crippen LogP contribution in [0.3, 0.4) is 0 Å². The number of hydrogen-bond donors (Lipinski definition) is 2. The Bertz CT molecular complexity index is 335. The van der Waals surface area contributed by atoms with Crippen LogP contribution in [0.25, 0.3) is 0 Å². The lowest BCUT2D eigenvalue weighted by Crippen LogP contribution is -2.53. The molecule has 0 radical (unpaired) electrons. The van der Waals surface area contributed by atoms with Crippen LogP contribution in [0.15, 0.2) is 0 Å². The third-order valence-corrected chi connectivity index (χ3v) is 4.10. The van der Waals surface area contributed by atoms with Gasteiger partial charge in [-0.2, -0.15) is 0 Å². The van der Waals surface area contributed by atoms with Crippen molar-refractivity contribution in [2.24, 2.45) is 0 Å². The van der Waals surface area contributed by atoms with Gasteiger partial charge in [0, 0.05) is 25.2 Å². The van der Waals surface area contributed by atoms with Gasteiger partial charge in [0.15, 0.2) is 0 Å². The van der Waals surface area contributed by atoms with Crippen molar-refractivity contribution in [2.45, 2.75) is 83.1 Å². The first-order chi connectivity index (χ1) is 9.94. The largest absolute Gasteiger partial charge is 0.444 e. The molecule has 5 nitrogen and oxygen atoms in total. The van der Waals surface area contributed by atoms with Gasteiger partial charge in [-0.05, 0) is 46.5 Å². The third-order valence-electron chi connectivity index (χ3n) is 4.10. The van der Waals surface area contributed by atoms with E-state index in [0.717, 1.165) is 38.8 Å². The normalized spacial score (nSPS) is 30.1. The SMILES string of the molecule is CC(C)(C)OC(=O)N[C@@H]1CCCC[C@@H]1NC[C@H]1CCCO1. The number of carbonyl (C=O) groups excluding carboxylic acids is 1. The maximum atomic E-state index is 11.9. The van der Waals surface area contributed by atoms with Gasteiger partial charge < -0.3 is 20.1 Å². The molecule has 2 N–H and O–H groups in total. The van der Waals surface area contributed by atoms with E-state index in [4.69, 9.17) is 9.47 Å². The Labute approximate surface area is 128 Å². The predicted octanol–water partition coefficient (Wildman–Crippen LogP) is 2.59. The summed E-state index contributed by atoms with van der Waals surface area (Å²) in [5.41, 5.74) is -0.445. The van der Waals surface area contributed by atoms with Gasteiger partial charge in [-0.25, -0.2) is 4.79 Å². The minimum Gasteiger partial charge on any atom is -0.444 e. The van der Waals surface area contributed by atoms with Gasteiger partial charge in [0.25, 0.3) is 0 Å². The van der Waals surface area contributed by atoms with Crippen LogP contribution < -0.4 is 10.6 Å². The van der Waals surface area contributed by atoms with E-state index in [2.05, 4.69) is 10.6 Å².